The molecule has 0 saturated carbocycles. The van der Waals surface area contributed by atoms with Crippen LogP contribution in [0.3, 0.4) is 0 Å². The van der Waals surface area contributed by atoms with E-state index in [0.717, 1.165) is 0 Å². The summed E-state index contributed by atoms with van der Waals surface area (Å²) >= 11 is 0. The molecular weight excluding hydrogens is 276 g/mol. The molecule has 1 aromatic carbocycles. The highest BCUT2D eigenvalue weighted by Crippen LogP contribution is 2.34. The molecule has 0 spiro atoms. The van der Waals surface area contributed by atoms with E-state index in [1.165, 1.54) is 32.4 Å². The van der Waals surface area contributed by atoms with Crippen molar-refractivity contribution in [2.45, 2.75) is 6.92 Å². The highest BCUT2D eigenvalue weighted by Gasteiger charge is 2.33. The van der Waals surface area contributed by atoms with Gasteiger partial charge in [-0.25, -0.2) is 4.79 Å². The quantitative estimate of drug-likeness (QED) is 0.474. The van der Waals surface area contributed by atoms with E-state index < -0.39 is 17.5 Å². The van der Waals surface area contributed by atoms with Gasteiger partial charge in [-0.15, -0.1) is 0 Å². The third kappa shape index (κ3) is 2.52. The lowest BCUT2D eigenvalue weighted by Crippen LogP contribution is -2.27. The molecule has 0 heterocycles. The van der Waals surface area contributed by atoms with E-state index in [4.69, 9.17) is 14.2 Å². The van der Waals surface area contributed by atoms with Crippen molar-refractivity contribution in [2.75, 3.05) is 20.8 Å². The molecule has 0 unspecified atom stereocenters. The van der Waals surface area contributed by atoms with Gasteiger partial charge in [-0.1, -0.05) is 0 Å². The van der Waals surface area contributed by atoms with Crippen LogP contribution in [0.4, 0.5) is 0 Å². The summed E-state index contributed by atoms with van der Waals surface area (Å²) in [4.78, 5) is 35.8. The normalized spacial score (nSPS) is 13.4. The molecule has 110 valence electrons. The fourth-order valence-corrected chi connectivity index (χ4v) is 2.04. The van der Waals surface area contributed by atoms with Gasteiger partial charge in [0.2, 0.25) is 11.6 Å². The zero-order chi connectivity index (χ0) is 15.6. The molecule has 1 aliphatic carbocycles. The van der Waals surface area contributed by atoms with Crippen molar-refractivity contribution in [2.24, 2.45) is 0 Å². The Labute approximate surface area is 121 Å². The van der Waals surface area contributed by atoms with Crippen molar-refractivity contribution in [1.82, 2.24) is 0 Å². The third-order valence-electron chi connectivity index (χ3n) is 3.05. The van der Waals surface area contributed by atoms with Crippen molar-refractivity contribution in [3.8, 4) is 11.5 Å². The molecule has 0 aromatic heterocycles. The number of ether oxygens (including phenoxy) is 3. The van der Waals surface area contributed by atoms with Gasteiger partial charge in [0.25, 0.3) is 0 Å². The van der Waals surface area contributed by atoms with Gasteiger partial charge in [0.1, 0.15) is 5.57 Å². The van der Waals surface area contributed by atoms with Gasteiger partial charge < -0.3 is 14.2 Å². The zero-order valence-electron chi connectivity index (χ0n) is 11.9. The van der Waals surface area contributed by atoms with E-state index >= 15 is 0 Å². The number of methoxy groups -OCH3 is 2. The molecule has 1 aromatic rings. The third-order valence-corrected chi connectivity index (χ3v) is 3.05. The Morgan fingerprint density at radius 1 is 1.05 bits per heavy atom. The summed E-state index contributed by atoms with van der Waals surface area (Å²) in [5.74, 6) is -1.72. The summed E-state index contributed by atoms with van der Waals surface area (Å²) < 4.78 is 15.0. The van der Waals surface area contributed by atoms with Gasteiger partial charge in [-0.05, 0) is 30.7 Å². The second kappa shape index (κ2) is 5.78. The molecule has 2 rings (SSSR count). The summed E-state index contributed by atoms with van der Waals surface area (Å²) in [6.45, 7) is 1.74. The van der Waals surface area contributed by atoms with Crippen molar-refractivity contribution < 1.29 is 28.6 Å². The van der Waals surface area contributed by atoms with Crippen molar-refractivity contribution in [3.63, 3.8) is 0 Å². The minimum absolute atomic E-state index is 0.121. The van der Waals surface area contributed by atoms with E-state index in [-0.39, 0.29) is 17.7 Å². The number of carbonyl (C=O) groups excluding carboxylic acids is 3. The van der Waals surface area contributed by atoms with Crippen molar-refractivity contribution >= 4 is 23.6 Å². The van der Waals surface area contributed by atoms with Gasteiger partial charge in [0, 0.05) is 5.56 Å². The topological polar surface area (TPSA) is 78.9 Å². The van der Waals surface area contributed by atoms with E-state index in [2.05, 4.69) is 0 Å². The van der Waals surface area contributed by atoms with Crippen LogP contribution >= 0.6 is 0 Å². The summed E-state index contributed by atoms with van der Waals surface area (Å²) in [5.41, 5.74) is 0.313. The van der Waals surface area contributed by atoms with Crippen LogP contribution in [0.15, 0.2) is 17.7 Å². The van der Waals surface area contributed by atoms with Crippen LogP contribution in [0.5, 0.6) is 11.5 Å². The van der Waals surface area contributed by atoms with Gasteiger partial charge in [0.15, 0.2) is 11.5 Å². The number of esters is 1. The maximum absolute atomic E-state index is 12.1. The highest BCUT2D eigenvalue weighted by atomic mass is 16.5. The van der Waals surface area contributed by atoms with Crippen LogP contribution in [0, 0.1) is 0 Å². The van der Waals surface area contributed by atoms with Gasteiger partial charge in [-0.3, -0.25) is 9.59 Å². The zero-order valence-corrected chi connectivity index (χ0v) is 11.9. The van der Waals surface area contributed by atoms with Crippen LogP contribution in [-0.2, 0) is 14.3 Å². The SMILES string of the molecule is CCOC(=O)C1=Cc2cc(OC)c(OC)cc2C(=O)C1=O. The molecule has 1 aliphatic rings. The van der Waals surface area contributed by atoms with Crippen molar-refractivity contribution in [1.29, 1.82) is 0 Å². The molecule has 0 saturated heterocycles. The number of hydrogen-bond acceptors (Lipinski definition) is 6. The summed E-state index contributed by atoms with van der Waals surface area (Å²) in [7, 11) is 2.88. The number of hydrogen-bond donors (Lipinski definition) is 0. The van der Waals surface area contributed by atoms with Crippen molar-refractivity contribution in [3.05, 3.63) is 28.8 Å². The summed E-state index contributed by atoms with van der Waals surface area (Å²) in [5, 5.41) is 0. The Bertz CT molecular complexity index is 656. The maximum Gasteiger partial charge on any atom is 0.342 e. The minimum Gasteiger partial charge on any atom is -0.493 e. The Hall–Kier alpha value is -2.63. The van der Waals surface area contributed by atoms with Gasteiger partial charge in [0.05, 0.1) is 20.8 Å². The number of rotatable bonds is 4. The lowest BCUT2D eigenvalue weighted by Gasteiger charge is -2.16. The Morgan fingerprint density at radius 3 is 2.24 bits per heavy atom. The molecule has 6 nitrogen and oxygen atoms in total. The van der Waals surface area contributed by atoms with Crippen LogP contribution in [0.2, 0.25) is 0 Å². The number of benzene rings is 1. The Morgan fingerprint density at radius 2 is 1.67 bits per heavy atom. The van der Waals surface area contributed by atoms with Gasteiger partial charge in [-0.2, -0.15) is 0 Å². The first-order chi connectivity index (χ1) is 10.0. The molecule has 0 amide bonds. The second-order valence-electron chi connectivity index (χ2n) is 4.23. The smallest absolute Gasteiger partial charge is 0.342 e. The van der Waals surface area contributed by atoms with Gasteiger partial charge >= 0.3 is 5.97 Å². The Kier molecular flexibility index (Phi) is 4.07. The maximum atomic E-state index is 12.1. The number of ketones is 2. The molecule has 0 bridgehead atoms. The lowest BCUT2D eigenvalue weighted by atomic mass is 9.89. The van der Waals surface area contributed by atoms with E-state index in [0.29, 0.717) is 17.1 Å². The lowest BCUT2D eigenvalue weighted by molar-refractivity contribution is -0.139. The second-order valence-corrected chi connectivity index (χ2v) is 4.23. The molecule has 0 aliphatic heterocycles. The first kappa shape index (κ1) is 14.8. The minimum atomic E-state index is -0.881. The average Bonchev–Trinajstić information content (AvgIpc) is 2.49. The first-order valence-electron chi connectivity index (χ1n) is 6.27. The molecular formula is C15H14O6. The molecule has 0 N–H and O–H groups in total. The van der Waals surface area contributed by atoms with E-state index in [1.807, 2.05) is 0 Å². The standard InChI is InChI=1S/C15H14O6/c1-4-21-15(18)10-5-8-6-11(19-2)12(20-3)7-9(8)13(16)14(10)17/h5-7H,4H2,1-3H3. The predicted molar refractivity (Wildman–Crippen MR) is 73.5 cm³/mol. The predicted octanol–water partition coefficient (Wildman–Crippen LogP) is 1.42. The summed E-state index contributed by atoms with van der Waals surface area (Å²) in [6.07, 6.45) is 1.33. The van der Waals surface area contributed by atoms with Crippen LogP contribution < -0.4 is 9.47 Å². The number of Topliss-reactive ketones (excluding diaryl/α,β-unsaturated/α-hetero) is 2. The highest BCUT2D eigenvalue weighted by molar-refractivity contribution is 6.56. The number of fused-ring (bicyclic) bond motifs is 1. The molecule has 0 atom stereocenters. The first-order valence-corrected chi connectivity index (χ1v) is 6.27. The van der Waals surface area contributed by atoms with E-state index in [1.54, 1.807) is 6.92 Å². The molecule has 21 heavy (non-hydrogen) atoms. The molecule has 0 fully saturated rings. The Balaban J connectivity index is 2.58. The van der Waals surface area contributed by atoms with Crippen LogP contribution in [-0.4, -0.2) is 38.4 Å². The van der Waals surface area contributed by atoms with E-state index in [9.17, 15) is 14.4 Å². The number of carbonyl (C=O) groups is 3. The molecule has 0 radical (unpaired) electrons. The molecule has 6 heteroatoms. The average molecular weight is 290 g/mol. The summed E-state index contributed by atoms with van der Waals surface area (Å²) in [6, 6.07) is 2.96. The van der Waals surface area contributed by atoms with Crippen LogP contribution in [0.1, 0.15) is 22.8 Å². The largest absolute Gasteiger partial charge is 0.493 e. The van der Waals surface area contributed by atoms with Crippen LogP contribution in [0.25, 0.3) is 6.08 Å². The fourth-order valence-electron chi connectivity index (χ4n) is 2.04. The monoisotopic (exact) mass is 290 g/mol. The fraction of sp³-hybridized carbons (Fsp3) is 0.267.